The third-order valence-corrected chi connectivity index (χ3v) is 3.35. The van der Waals surface area contributed by atoms with Gasteiger partial charge < -0.3 is 4.42 Å². The Balaban J connectivity index is 2.28. The van der Waals surface area contributed by atoms with Crippen LogP contribution in [0, 0.1) is 11.3 Å². The summed E-state index contributed by atoms with van der Waals surface area (Å²) in [6, 6.07) is 12.5. The van der Waals surface area contributed by atoms with Gasteiger partial charge in [0.1, 0.15) is 5.92 Å². The minimum Gasteiger partial charge on any atom is -0.442 e. The van der Waals surface area contributed by atoms with Gasteiger partial charge in [0.25, 0.3) is 0 Å². The predicted molar refractivity (Wildman–Crippen MR) is 76.9 cm³/mol. The highest BCUT2D eigenvalue weighted by atomic mass is 35.5. The lowest BCUT2D eigenvalue weighted by Gasteiger charge is -2.09. The Morgan fingerprint density at radius 1 is 1.15 bits per heavy atom. The minimum absolute atomic E-state index is 0.106. The number of carbonyl (C=O) groups excluding carboxylic acids is 1. The topological polar surface area (TPSA) is 54.0 Å². The van der Waals surface area contributed by atoms with Crippen LogP contribution in [-0.2, 0) is 0 Å². The van der Waals surface area contributed by atoms with Gasteiger partial charge in [-0.1, -0.05) is 38.1 Å². The van der Waals surface area contributed by atoms with E-state index in [9.17, 15) is 10.1 Å². The van der Waals surface area contributed by atoms with E-state index in [1.54, 1.807) is 0 Å². The lowest BCUT2D eigenvalue weighted by atomic mass is 9.92. The Hall–Kier alpha value is -2.05. The molecule has 102 valence electrons. The average molecular weight is 288 g/mol. The quantitative estimate of drug-likeness (QED) is 0.775. The number of halogens is 1. The van der Waals surface area contributed by atoms with Crippen LogP contribution in [0.3, 0.4) is 0 Å². The molecule has 2 rings (SSSR count). The summed E-state index contributed by atoms with van der Waals surface area (Å²) in [6.45, 7) is 4.18. The first-order valence-corrected chi connectivity index (χ1v) is 6.69. The summed E-state index contributed by atoms with van der Waals surface area (Å²) in [4.78, 5) is 12.2. The number of rotatable bonds is 4. The molecule has 0 bridgehead atoms. The number of ketones is 1. The molecule has 2 aromatic rings. The van der Waals surface area contributed by atoms with E-state index in [4.69, 9.17) is 16.0 Å². The van der Waals surface area contributed by atoms with Crippen LogP contribution >= 0.6 is 11.6 Å². The standard InChI is InChI=1S/C16H14ClNO2/c1-10(2)11-3-5-12(6-4-11)13(9-18)16(19)14-7-8-15(17)20-14/h3-8,10,13H,1-2H3. The monoisotopic (exact) mass is 287 g/mol. The fourth-order valence-corrected chi connectivity index (χ4v) is 2.09. The zero-order valence-corrected chi connectivity index (χ0v) is 12.0. The van der Waals surface area contributed by atoms with E-state index in [2.05, 4.69) is 13.8 Å². The van der Waals surface area contributed by atoms with Crippen LogP contribution < -0.4 is 0 Å². The van der Waals surface area contributed by atoms with Crippen molar-refractivity contribution >= 4 is 17.4 Å². The number of furan rings is 1. The number of hydrogen-bond acceptors (Lipinski definition) is 3. The van der Waals surface area contributed by atoms with Crippen molar-refractivity contribution in [3.05, 3.63) is 58.5 Å². The van der Waals surface area contributed by atoms with Gasteiger partial charge in [0.05, 0.1) is 6.07 Å². The van der Waals surface area contributed by atoms with Gasteiger partial charge in [0, 0.05) is 0 Å². The van der Waals surface area contributed by atoms with Crippen molar-refractivity contribution in [3.63, 3.8) is 0 Å². The van der Waals surface area contributed by atoms with Gasteiger partial charge in [0.2, 0.25) is 5.78 Å². The van der Waals surface area contributed by atoms with Crippen molar-refractivity contribution in [1.29, 1.82) is 5.26 Å². The Bertz CT molecular complexity index is 650. The van der Waals surface area contributed by atoms with Crippen molar-refractivity contribution in [2.45, 2.75) is 25.7 Å². The molecule has 1 aromatic carbocycles. The SMILES string of the molecule is CC(C)c1ccc(C(C#N)C(=O)c2ccc(Cl)o2)cc1. The van der Waals surface area contributed by atoms with Crippen molar-refractivity contribution in [2.75, 3.05) is 0 Å². The molecule has 0 amide bonds. The van der Waals surface area contributed by atoms with Gasteiger partial charge in [-0.25, -0.2) is 0 Å². The first-order valence-electron chi connectivity index (χ1n) is 6.32. The van der Waals surface area contributed by atoms with Crippen LogP contribution in [0.15, 0.2) is 40.8 Å². The summed E-state index contributed by atoms with van der Waals surface area (Å²) in [5.74, 6) is -0.742. The highest BCUT2D eigenvalue weighted by Crippen LogP contribution is 2.25. The Labute approximate surface area is 122 Å². The third kappa shape index (κ3) is 2.92. The van der Waals surface area contributed by atoms with Crippen LogP contribution in [0.2, 0.25) is 5.22 Å². The molecule has 3 nitrogen and oxygen atoms in total. The molecular weight excluding hydrogens is 274 g/mol. The zero-order valence-electron chi connectivity index (χ0n) is 11.3. The third-order valence-electron chi connectivity index (χ3n) is 3.14. The molecule has 0 saturated carbocycles. The molecule has 1 atom stereocenters. The first-order chi connectivity index (χ1) is 9.52. The first kappa shape index (κ1) is 14.4. The van der Waals surface area contributed by atoms with E-state index in [1.165, 1.54) is 17.7 Å². The van der Waals surface area contributed by atoms with Crippen LogP contribution in [0.5, 0.6) is 0 Å². The van der Waals surface area contributed by atoms with E-state index in [-0.39, 0.29) is 16.8 Å². The Morgan fingerprint density at radius 2 is 1.75 bits per heavy atom. The van der Waals surface area contributed by atoms with Gasteiger partial charge in [-0.05, 0) is 40.8 Å². The second-order valence-electron chi connectivity index (χ2n) is 4.85. The minimum atomic E-state index is -0.876. The molecule has 1 aromatic heterocycles. The molecule has 4 heteroatoms. The molecule has 0 saturated heterocycles. The lowest BCUT2D eigenvalue weighted by Crippen LogP contribution is -2.10. The Kier molecular flexibility index (Phi) is 4.26. The van der Waals surface area contributed by atoms with E-state index in [0.717, 1.165) is 0 Å². The number of nitrogens with zero attached hydrogens (tertiary/aromatic N) is 1. The molecule has 0 aliphatic heterocycles. The van der Waals surface area contributed by atoms with Crippen molar-refractivity contribution in [2.24, 2.45) is 0 Å². The van der Waals surface area contributed by atoms with Crippen LogP contribution in [0.1, 0.15) is 47.4 Å². The average Bonchev–Trinajstić information content (AvgIpc) is 2.86. The van der Waals surface area contributed by atoms with E-state index in [1.807, 2.05) is 30.3 Å². The van der Waals surface area contributed by atoms with Gasteiger partial charge >= 0.3 is 0 Å². The van der Waals surface area contributed by atoms with Gasteiger partial charge in [-0.15, -0.1) is 0 Å². The largest absolute Gasteiger partial charge is 0.442 e. The second-order valence-corrected chi connectivity index (χ2v) is 5.22. The highest BCUT2D eigenvalue weighted by Gasteiger charge is 2.24. The summed E-state index contributed by atoms with van der Waals surface area (Å²) in [5, 5.41) is 9.39. The van der Waals surface area contributed by atoms with E-state index in [0.29, 0.717) is 11.5 Å². The molecular formula is C16H14ClNO2. The molecule has 0 spiro atoms. The maximum Gasteiger partial charge on any atom is 0.219 e. The molecule has 1 heterocycles. The zero-order chi connectivity index (χ0) is 14.7. The number of Topliss-reactive ketones (excluding diaryl/α,β-unsaturated/α-hetero) is 1. The molecule has 1 unspecified atom stereocenters. The van der Waals surface area contributed by atoms with Crippen molar-refractivity contribution in [1.82, 2.24) is 0 Å². The fourth-order valence-electron chi connectivity index (χ4n) is 1.95. The molecule has 0 radical (unpaired) electrons. The second kappa shape index (κ2) is 5.94. The van der Waals surface area contributed by atoms with Crippen LogP contribution in [-0.4, -0.2) is 5.78 Å². The molecule has 0 fully saturated rings. The maximum atomic E-state index is 12.2. The summed E-state index contributed by atoms with van der Waals surface area (Å²) in [7, 11) is 0. The number of hydrogen-bond donors (Lipinski definition) is 0. The lowest BCUT2D eigenvalue weighted by molar-refractivity contribution is 0.0952. The summed E-state index contributed by atoms with van der Waals surface area (Å²) in [5.41, 5.74) is 1.83. The van der Waals surface area contributed by atoms with Crippen LogP contribution in [0.4, 0.5) is 0 Å². The molecule has 0 aliphatic rings. The smallest absolute Gasteiger partial charge is 0.219 e. The molecule has 20 heavy (non-hydrogen) atoms. The number of nitriles is 1. The van der Waals surface area contributed by atoms with Crippen LogP contribution in [0.25, 0.3) is 0 Å². The Morgan fingerprint density at radius 3 is 2.20 bits per heavy atom. The van der Waals surface area contributed by atoms with Gasteiger partial charge in [-0.3, -0.25) is 4.79 Å². The fraction of sp³-hybridized carbons (Fsp3) is 0.250. The molecule has 0 N–H and O–H groups in total. The van der Waals surface area contributed by atoms with Gasteiger partial charge in [0.15, 0.2) is 11.0 Å². The van der Waals surface area contributed by atoms with E-state index < -0.39 is 5.92 Å². The van der Waals surface area contributed by atoms with E-state index >= 15 is 0 Å². The van der Waals surface area contributed by atoms with Crippen molar-refractivity contribution in [3.8, 4) is 6.07 Å². The predicted octanol–water partition coefficient (Wildman–Crippen LogP) is 4.55. The summed E-state index contributed by atoms with van der Waals surface area (Å²) in [6.07, 6.45) is 0. The summed E-state index contributed by atoms with van der Waals surface area (Å²) < 4.78 is 5.08. The normalized spacial score (nSPS) is 12.2. The number of carbonyl (C=O) groups is 1. The summed E-state index contributed by atoms with van der Waals surface area (Å²) >= 11 is 5.65. The van der Waals surface area contributed by atoms with Gasteiger partial charge in [-0.2, -0.15) is 5.26 Å². The van der Waals surface area contributed by atoms with Crippen molar-refractivity contribution < 1.29 is 9.21 Å². The number of benzene rings is 1. The molecule has 0 aliphatic carbocycles. The highest BCUT2D eigenvalue weighted by molar-refractivity contribution is 6.29. The maximum absolute atomic E-state index is 12.2.